The summed E-state index contributed by atoms with van der Waals surface area (Å²) in [7, 11) is -5.01. The van der Waals surface area contributed by atoms with Gasteiger partial charge in [0, 0.05) is 6.42 Å². The molecule has 0 rings (SSSR count). The smallest absolute Gasteiger partial charge is 0.275 e. The number of carbonyl (C=O) groups is 1. The van der Waals surface area contributed by atoms with Crippen LogP contribution in [0.2, 0.25) is 0 Å². The highest BCUT2D eigenvalue weighted by atomic mass is 32.3. The van der Waals surface area contributed by atoms with Gasteiger partial charge in [-0.1, -0.05) is 6.92 Å². The fourth-order valence-corrected chi connectivity index (χ4v) is 0.866. The summed E-state index contributed by atoms with van der Waals surface area (Å²) in [6.07, 6.45) is -0.244. The van der Waals surface area contributed by atoms with E-state index in [1.807, 2.05) is 0 Å². The number of hydrogen-bond acceptors (Lipinski definition) is 3. The molecule has 0 aliphatic heterocycles. The Hall–Kier alpha value is -0.470. The first-order valence-corrected chi connectivity index (χ1v) is 4.40. The average Bonchev–Trinajstić information content (AvgIpc) is 1.84. The number of halogens is 3. The lowest BCUT2D eigenvalue weighted by atomic mass is 10.5. The molecule has 4 nitrogen and oxygen atoms in total. The molecule has 0 bridgehead atoms. The van der Waals surface area contributed by atoms with Crippen LogP contribution in [0.4, 0.5) is 13.2 Å². The zero-order valence-electron chi connectivity index (χ0n) is 6.05. The van der Waals surface area contributed by atoms with Crippen LogP contribution >= 0.6 is 10.8 Å². The molecular weight excluding hydrogens is 199 g/mol. The van der Waals surface area contributed by atoms with Crippen LogP contribution in [0.25, 0.3) is 0 Å². The van der Waals surface area contributed by atoms with Crippen molar-refractivity contribution in [2.75, 3.05) is 0 Å². The highest BCUT2D eigenvalue weighted by Gasteiger charge is 2.46. The van der Waals surface area contributed by atoms with E-state index in [1.54, 1.807) is 0 Å². The van der Waals surface area contributed by atoms with Gasteiger partial charge >= 0.3 is 5.51 Å². The van der Waals surface area contributed by atoms with Crippen LogP contribution < -0.4 is 4.72 Å². The van der Waals surface area contributed by atoms with Crippen LogP contribution in [-0.4, -0.2) is 20.5 Å². The Bertz CT molecular complexity index is 181. The zero-order chi connectivity index (χ0) is 9.99. The van der Waals surface area contributed by atoms with E-state index in [-0.39, 0.29) is 6.42 Å². The van der Waals surface area contributed by atoms with Gasteiger partial charge in [-0.25, -0.2) is 4.72 Å². The van der Waals surface area contributed by atoms with Crippen molar-refractivity contribution < 1.29 is 27.1 Å². The van der Waals surface area contributed by atoms with Gasteiger partial charge in [0.15, 0.2) is 0 Å². The third kappa shape index (κ3) is 2.88. The zero-order valence-corrected chi connectivity index (χ0v) is 6.87. The predicted molar refractivity (Wildman–Crippen MR) is 37.3 cm³/mol. The molecule has 12 heavy (non-hydrogen) atoms. The molecule has 0 fully saturated rings. The summed E-state index contributed by atoms with van der Waals surface area (Å²) in [6.45, 7) is 1.29. The van der Waals surface area contributed by atoms with E-state index >= 15 is 0 Å². The van der Waals surface area contributed by atoms with Crippen molar-refractivity contribution in [2.45, 2.75) is 18.9 Å². The SMILES string of the molecule is CCC(=O)NS(O)(O)C(F)(F)F. The van der Waals surface area contributed by atoms with Gasteiger partial charge in [-0.3, -0.25) is 13.9 Å². The third-order valence-electron chi connectivity index (χ3n) is 0.900. The quantitative estimate of drug-likeness (QED) is 0.645. The van der Waals surface area contributed by atoms with Crippen molar-refractivity contribution in [1.82, 2.24) is 4.72 Å². The first-order chi connectivity index (χ1) is 5.20. The Morgan fingerprint density at radius 1 is 1.50 bits per heavy atom. The van der Waals surface area contributed by atoms with Gasteiger partial charge in [0.1, 0.15) is 0 Å². The maximum absolute atomic E-state index is 11.7. The molecule has 0 aliphatic rings. The van der Waals surface area contributed by atoms with E-state index in [0.29, 0.717) is 0 Å². The van der Waals surface area contributed by atoms with Gasteiger partial charge in [-0.05, 0) is 10.8 Å². The highest BCUT2D eigenvalue weighted by molar-refractivity contribution is 8.23. The molecule has 0 aromatic carbocycles. The van der Waals surface area contributed by atoms with Crippen LogP contribution in [-0.2, 0) is 4.79 Å². The lowest BCUT2D eigenvalue weighted by Gasteiger charge is -2.33. The first-order valence-electron chi connectivity index (χ1n) is 2.86. The van der Waals surface area contributed by atoms with Crippen molar-refractivity contribution >= 4 is 16.7 Å². The molecule has 0 heterocycles. The lowest BCUT2D eigenvalue weighted by molar-refractivity contribution is -0.120. The van der Waals surface area contributed by atoms with Crippen LogP contribution in [0.5, 0.6) is 0 Å². The largest absolute Gasteiger partial charge is 0.514 e. The molecular formula is C4H8F3NO3S. The third-order valence-corrected chi connectivity index (χ3v) is 2.06. The summed E-state index contributed by atoms with van der Waals surface area (Å²) in [5.74, 6) is -1.06. The van der Waals surface area contributed by atoms with E-state index in [0.717, 1.165) is 4.72 Å². The number of nitrogens with one attached hydrogen (secondary N) is 1. The van der Waals surface area contributed by atoms with E-state index in [2.05, 4.69) is 0 Å². The van der Waals surface area contributed by atoms with E-state index in [9.17, 15) is 18.0 Å². The second-order valence-electron chi connectivity index (χ2n) is 1.87. The number of carbonyl (C=O) groups excluding carboxylic acids is 1. The molecule has 0 aromatic heterocycles. The Labute approximate surface area is 68.2 Å². The summed E-state index contributed by atoms with van der Waals surface area (Å²) in [5.41, 5.74) is -5.21. The summed E-state index contributed by atoms with van der Waals surface area (Å²) in [5, 5.41) is 0. The van der Waals surface area contributed by atoms with Crippen molar-refractivity contribution in [3.63, 3.8) is 0 Å². The fraction of sp³-hybridized carbons (Fsp3) is 0.750. The van der Waals surface area contributed by atoms with Gasteiger partial charge in [0.05, 0.1) is 0 Å². The van der Waals surface area contributed by atoms with Gasteiger partial charge in [0.2, 0.25) is 5.91 Å². The summed E-state index contributed by atoms with van der Waals surface area (Å²) in [4.78, 5) is 10.4. The highest BCUT2D eigenvalue weighted by Crippen LogP contribution is 2.51. The number of amides is 1. The Morgan fingerprint density at radius 2 is 1.92 bits per heavy atom. The second kappa shape index (κ2) is 3.50. The van der Waals surface area contributed by atoms with Crippen molar-refractivity contribution in [1.29, 1.82) is 0 Å². The number of alkyl halides is 3. The molecule has 1 amide bonds. The van der Waals surface area contributed by atoms with Gasteiger partial charge in [-0.15, -0.1) is 0 Å². The molecule has 3 N–H and O–H groups in total. The molecule has 74 valence electrons. The topological polar surface area (TPSA) is 69.6 Å². The molecule has 0 aliphatic carbocycles. The number of rotatable bonds is 2. The molecule has 0 spiro atoms. The molecule has 0 saturated heterocycles. The maximum atomic E-state index is 11.7. The van der Waals surface area contributed by atoms with Crippen LogP contribution in [0, 0.1) is 0 Å². The van der Waals surface area contributed by atoms with Gasteiger partial charge < -0.3 is 0 Å². The monoisotopic (exact) mass is 207 g/mol. The Kier molecular flexibility index (Phi) is 3.36. The minimum absolute atomic E-state index is 0.244. The Morgan fingerprint density at radius 3 is 2.17 bits per heavy atom. The molecule has 0 unspecified atom stereocenters. The number of hydrogen-bond donors (Lipinski definition) is 3. The van der Waals surface area contributed by atoms with Crippen LogP contribution in [0.1, 0.15) is 13.3 Å². The molecule has 0 saturated carbocycles. The normalized spacial score (nSPS) is 14.2. The minimum atomic E-state index is -5.21. The summed E-state index contributed by atoms with van der Waals surface area (Å²) in [6, 6.07) is 0. The van der Waals surface area contributed by atoms with Gasteiger partial charge in [-0.2, -0.15) is 13.2 Å². The van der Waals surface area contributed by atoms with Gasteiger partial charge in [0.25, 0.3) is 0 Å². The maximum Gasteiger partial charge on any atom is 0.514 e. The molecule has 0 aromatic rings. The molecule has 8 heteroatoms. The average molecular weight is 207 g/mol. The first kappa shape index (κ1) is 11.5. The lowest BCUT2D eigenvalue weighted by Crippen LogP contribution is -2.35. The van der Waals surface area contributed by atoms with Crippen LogP contribution in [0.15, 0.2) is 0 Å². The van der Waals surface area contributed by atoms with E-state index < -0.39 is 22.2 Å². The van der Waals surface area contributed by atoms with E-state index in [1.165, 1.54) is 6.92 Å². The van der Waals surface area contributed by atoms with Crippen molar-refractivity contribution in [3.05, 3.63) is 0 Å². The second-order valence-corrected chi connectivity index (χ2v) is 3.64. The predicted octanol–water partition coefficient (Wildman–Crippen LogP) is 1.70. The summed E-state index contributed by atoms with van der Waals surface area (Å²) < 4.78 is 52.7. The summed E-state index contributed by atoms with van der Waals surface area (Å²) >= 11 is 0. The molecule has 0 atom stereocenters. The van der Waals surface area contributed by atoms with Crippen molar-refractivity contribution in [2.24, 2.45) is 0 Å². The fourth-order valence-electron chi connectivity index (χ4n) is 0.289. The molecule has 0 radical (unpaired) electrons. The minimum Gasteiger partial charge on any atom is -0.275 e. The standard InChI is InChI=1S/C4H8F3NO3S/c1-2-3(9)8-12(10,11)4(5,6)7/h10-11H,2H2,1H3,(H,8,9). The van der Waals surface area contributed by atoms with E-state index in [4.69, 9.17) is 9.11 Å². The van der Waals surface area contributed by atoms with Crippen molar-refractivity contribution in [3.8, 4) is 0 Å². The van der Waals surface area contributed by atoms with Crippen LogP contribution in [0.3, 0.4) is 0 Å². The Balaban J connectivity index is 4.33.